The maximum Gasteiger partial charge on any atom is 0.351 e. The van der Waals surface area contributed by atoms with Crippen molar-refractivity contribution in [2.45, 2.75) is 76.5 Å². The zero-order valence-electron chi connectivity index (χ0n) is 14.4. The Bertz CT molecular complexity index is 494. The summed E-state index contributed by atoms with van der Waals surface area (Å²) in [6, 6.07) is 0.300. The number of nitrogens with zero attached hydrogens (tertiary/aromatic N) is 1. The Balaban J connectivity index is 1.76. The fourth-order valence-corrected chi connectivity index (χ4v) is 4.83. The van der Waals surface area contributed by atoms with Crippen LogP contribution in [-0.2, 0) is 9.53 Å². The van der Waals surface area contributed by atoms with E-state index < -0.39 is 11.6 Å². The summed E-state index contributed by atoms with van der Waals surface area (Å²) in [6.45, 7) is 6.05. The molecule has 0 radical (unpaired) electrons. The highest BCUT2D eigenvalue weighted by molar-refractivity contribution is 5.84. The van der Waals surface area contributed by atoms with Crippen LogP contribution in [0.1, 0.15) is 58.8 Å². The van der Waals surface area contributed by atoms with Crippen molar-refractivity contribution >= 4 is 5.97 Å². The summed E-state index contributed by atoms with van der Waals surface area (Å²) in [4.78, 5) is 15.3. The molecule has 0 aromatic rings. The standard InChI is InChI=1S/C19H29NO3/c1-3-11-19(22,15-7-5-6-8-15)18(21)23-17-14-9-12-20(13-10-14)16(17)4-2/h14-17,22H,4-10,12-13H2,1-2H3/t16-,17-,19+/m0/s1. The van der Waals surface area contributed by atoms with Gasteiger partial charge in [0.25, 0.3) is 0 Å². The Hall–Kier alpha value is -1.05. The van der Waals surface area contributed by atoms with Crippen molar-refractivity contribution in [1.82, 2.24) is 4.90 Å². The second-order valence-corrected chi connectivity index (χ2v) is 7.34. The zero-order chi connectivity index (χ0) is 16.4. The van der Waals surface area contributed by atoms with Crippen LogP contribution in [0.15, 0.2) is 0 Å². The molecule has 0 unspecified atom stereocenters. The summed E-state index contributed by atoms with van der Waals surface area (Å²) in [7, 11) is 0. The van der Waals surface area contributed by atoms with Gasteiger partial charge in [-0.25, -0.2) is 4.79 Å². The van der Waals surface area contributed by atoms with E-state index in [2.05, 4.69) is 23.7 Å². The number of rotatable bonds is 4. The van der Waals surface area contributed by atoms with Crippen molar-refractivity contribution in [3.63, 3.8) is 0 Å². The maximum atomic E-state index is 12.9. The number of aliphatic hydroxyl groups is 1. The highest BCUT2D eigenvalue weighted by atomic mass is 16.6. The molecule has 4 nitrogen and oxygen atoms in total. The summed E-state index contributed by atoms with van der Waals surface area (Å²) >= 11 is 0. The minimum atomic E-state index is -1.62. The first kappa shape index (κ1) is 16.8. The lowest BCUT2D eigenvalue weighted by Crippen LogP contribution is -2.60. The van der Waals surface area contributed by atoms with Crippen LogP contribution < -0.4 is 0 Å². The van der Waals surface area contributed by atoms with Crippen molar-refractivity contribution in [2.24, 2.45) is 11.8 Å². The van der Waals surface area contributed by atoms with Crippen LogP contribution in [-0.4, -0.2) is 46.8 Å². The van der Waals surface area contributed by atoms with E-state index >= 15 is 0 Å². The molecule has 0 aromatic carbocycles. The molecule has 4 aliphatic rings. The lowest BCUT2D eigenvalue weighted by molar-refractivity contribution is -0.185. The number of esters is 1. The molecule has 0 aromatic heterocycles. The van der Waals surface area contributed by atoms with E-state index in [1.807, 2.05) is 0 Å². The minimum absolute atomic E-state index is 0.0800. The third-order valence-corrected chi connectivity index (χ3v) is 6.12. The molecule has 128 valence electrons. The van der Waals surface area contributed by atoms with Crippen molar-refractivity contribution in [1.29, 1.82) is 0 Å². The van der Waals surface area contributed by atoms with Gasteiger partial charge in [0, 0.05) is 12.0 Å². The normalized spacial score (nSPS) is 36.1. The van der Waals surface area contributed by atoms with E-state index in [1.165, 1.54) is 0 Å². The van der Waals surface area contributed by atoms with Gasteiger partial charge in [0.1, 0.15) is 6.10 Å². The molecule has 3 atom stereocenters. The van der Waals surface area contributed by atoms with Crippen LogP contribution in [0, 0.1) is 23.7 Å². The molecule has 3 saturated heterocycles. The molecule has 3 aliphatic heterocycles. The predicted molar refractivity (Wildman–Crippen MR) is 88.6 cm³/mol. The van der Waals surface area contributed by atoms with Crippen molar-refractivity contribution in [3.05, 3.63) is 0 Å². The Labute approximate surface area is 139 Å². The van der Waals surface area contributed by atoms with Gasteiger partial charge in [0.2, 0.25) is 5.60 Å². The summed E-state index contributed by atoms with van der Waals surface area (Å²) < 4.78 is 5.93. The molecule has 0 spiro atoms. The molecule has 0 amide bonds. The van der Waals surface area contributed by atoms with Crippen LogP contribution in [0.3, 0.4) is 0 Å². The maximum absolute atomic E-state index is 12.9. The van der Waals surface area contributed by atoms with Gasteiger partial charge in [-0.1, -0.05) is 25.7 Å². The van der Waals surface area contributed by atoms with Crippen molar-refractivity contribution in [2.75, 3.05) is 13.1 Å². The molecular weight excluding hydrogens is 290 g/mol. The zero-order valence-corrected chi connectivity index (χ0v) is 14.4. The number of hydrogen-bond acceptors (Lipinski definition) is 4. The summed E-state index contributed by atoms with van der Waals surface area (Å²) in [5.74, 6) is 5.39. The highest BCUT2D eigenvalue weighted by Gasteiger charge is 2.49. The van der Waals surface area contributed by atoms with E-state index in [4.69, 9.17) is 4.74 Å². The quantitative estimate of drug-likeness (QED) is 0.638. The molecule has 1 aliphatic carbocycles. The largest absolute Gasteiger partial charge is 0.458 e. The van der Waals surface area contributed by atoms with E-state index in [0.29, 0.717) is 12.0 Å². The molecule has 4 rings (SSSR count). The first-order valence-corrected chi connectivity index (χ1v) is 9.21. The second-order valence-electron chi connectivity index (χ2n) is 7.34. The average Bonchev–Trinajstić information content (AvgIpc) is 3.11. The van der Waals surface area contributed by atoms with Crippen LogP contribution in [0.5, 0.6) is 0 Å². The number of piperidine rings is 3. The molecule has 2 bridgehead atoms. The fourth-order valence-electron chi connectivity index (χ4n) is 4.83. The highest BCUT2D eigenvalue weighted by Crippen LogP contribution is 2.39. The monoisotopic (exact) mass is 319 g/mol. The van der Waals surface area contributed by atoms with Crippen LogP contribution in [0.4, 0.5) is 0 Å². The number of ether oxygens (including phenoxy) is 1. The molecule has 1 N–H and O–H groups in total. The topological polar surface area (TPSA) is 49.8 Å². The number of hydrogen-bond donors (Lipinski definition) is 1. The van der Waals surface area contributed by atoms with Crippen LogP contribution in [0.25, 0.3) is 0 Å². The van der Waals surface area contributed by atoms with Gasteiger partial charge < -0.3 is 9.84 Å². The lowest BCUT2D eigenvalue weighted by atomic mass is 9.79. The summed E-state index contributed by atoms with van der Waals surface area (Å²) in [5, 5.41) is 11.0. The number of carbonyl (C=O) groups excluding carboxylic acids is 1. The van der Waals surface area contributed by atoms with Crippen molar-refractivity contribution < 1.29 is 14.6 Å². The Morgan fingerprint density at radius 3 is 2.48 bits per heavy atom. The molecule has 3 heterocycles. The first-order chi connectivity index (χ1) is 11.1. The fraction of sp³-hybridized carbons (Fsp3) is 0.842. The Morgan fingerprint density at radius 2 is 1.91 bits per heavy atom. The van der Waals surface area contributed by atoms with E-state index in [1.54, 1.807) is 6.92 Å². The summed E-state index contributed by atoms with van der Waals surface area (Å²) in [6.07, 6.45) is 6.92. The third-order valence-electron chi connectivity index (χ3n) is 6.12. The third kappa shape index (κ3) is 3.02. The van der Waals surface area contributed by atoms with Gasteiger partial charge in [-0.15, -0.1) is 5.92 Å². The van der Waals surface area contributed by atoms with E-state index in [0.717, 1.165) is 58.0 Å². The predicted octanol–water partition coefficient (Wildman–Crippen LogP) is 2.35. The molecule has 4 fully saturated rings. The lowest BCUT2D eigenvalue weighted by Gasteiger charge is -2.50. The molecule has 4 heteroatoms. The van der Waals surface area contributed by atoms with Gasteiger partial charge >= 0.3 is 5.97 Å². The molecular formula is C19H29NO3. The number of carbonyl (C=O) groups is 1. The van der Waals surface area contributed by atoms with Crippen molar-refractivity contribution in [3.8, 4) is 11.8 Å². The summed E-state index contributed by atoms with van der Waals surface area (Å²) in [5.41, 5.74) is -1.62. The number of fused-ring (bicyclic) bond motifs is 3. The van der Waals surface area contributed by atoms with Gasteiger partial charge in [-0.05, 0) is 58.0 Å². The van der Waals surface area contributed by atoms with Gasteiger partial charge in [-0.2, -0.15) is 0 Å². The van der Waals surface area contributed by atoms with E-state index in [9.17, 15) is 9.90 Å². The van der Waals surface area contributed by atoms with Crippen LogP contribution >= 0.6 is 0 Å². The van der Waals surface area contributed by atoms with Gasteiger partial charge in [-0.3, -0.25) is 4.90 Å². The molecule has 1 saturated carbocycles. The Morgan fingerprint density at radius 1 is 1.26 bits per heavy atom. The SMILES string of the molecule is CC#C[C@](O)(C(=O)O[C@H]1C2CCN(CC2)[C@H]1CC)C1CCCC1. The second kappa shape index (κ2) is 6.83. The minimum Gasteiger partial charge on any atom is -0.458 e. The molecule has 23 heavy (non-hydrogen) atoms. The Kier molecular flexibility index (Phi) is 4.98. The average molecular weight is 319 g/mol. The van der Waals surface area contributed by atoms with E-state index in [-0.39, 0.29) is 12.0 Å². The van der Waals surface area contributed by atoms with Gasteiger partial charge in [0.05, 0.1) is 0 Å². The van der Waals surface area contributed by atoms with Crippen LogP contribution in [0.2, 0.25) is 0 Å². The van der Waals surface area contributed by atoms with Gasteiger partial charge in [0.15, 0.2) is 0 Å². The smallest absolute Gasteiger partial charge is 0.351 e. The first-order valence-electron chi connectivity index (χ1n) is 9.21.